The van der Waals surface area contributed by atoms with Gasteiger partial charge in [0.05, 0.1) is 5.60 Å². The van der Waals surface area contributed by atoms with Crippen LogP contribution in [-0.2, 0) is 0 Å². The largest absolute Gasteiger partial charge is 0.390 e. The Kier molecular flexibility index (Phi) is 2.40. The van der Waals surface area contributed by atoms with Crippen LogP contribution < -0.4 is 0 Å². The lowest BCUT2D eigenvalue weighted by molar-refractivity contribution is -0.0106. The Morgan fingerprint density at radius 2 is 1.25 bits per heavy atom. The van der Waals surface area contributed by atoms with E-state index in [4.69, 9.17) is 0 Å². The maximum atomic E-state index is 10.2. The van der Waals surface area contributed by atoms with Gasteiger partial charge in [-0.05, 0) is 25.2 Å². The van der Waals surface area contributed by atoms with Crippen LogP contribution in [0.15, 0.2) is 0 Å². The fourth-order valence-electron chi connectivity index (χ4n) is 2.97. The lowest BCUT2D eigenvalue weighted by atomic mass is 9.75. The zero-order valence-electron chi connectivity index (χ0n) is 7.89. The highest BCUT2D eigenvalue weighted by Gasteiger charge is 2.31. The molecular weight excluding hydrogens is 148 g/mol. The molecule has 0 aromatic rings. The van der Waals surface area contributed by atoms with Crippen molar-refractivity contribution in [3.05, 3.63) is 0 Å². The van der Waals surface area contributed by atoms with E-state index in [2.05, 4.69) is 0 Å². The van der Waals surface area contributed by atoms with Crippen molar-refractivity contribution in [3.8, 4) is 0 Å². The molecule has 1 heteroatoms. The Balaban J connectivity index is 2.06. The van der Waals surface area contributed by atoms with Crippen LogP contribution in [0.25, 0.3) is 0 Å². The van der Waals surface area contributed by atoms with E-state index in [0.717, 1.165) is 25.2 Å². The number of rotatable bonds is 0. The van der Waals surface area contributed by atoms with Crippen molar-refractivity contribution in [2.45, 2.75) is 63.4 Å². The maximum absolute atomic E-state index is 10.2. The Morgan fingerprint density at radius 3 is 1.67 bits per heavy atom. The minimum Gasteiger partial charge on any atom is -0.390 e. The van der Waals surface area contributed by atoms with Gasteiger partial charge in [0, 0.05) is 0 Å². The predicted molar refractivity (Wildman–Crippen MR) is 50.0 cm³/mol. The first kappa shape index (κ1) is 8.55. The van der Waals surface area contributed by atoms with Crippen molar-refractivity contribution in [3.63, 3.8) is 0 Å². The summed E-state index contributed by atoms with van der Waals surface area (Å²) in [5, 5.41) is 10.2. The van der Waals surface area contributed by atoms with E-state index < -0.39 is 0 Å². The third-order valence-electron chi connectivity index (χ3n) is 3.76. The van der Waals surface area contributed by atoms with Gasteiger partial charge in [-0.1, -0.05) is 38.5 Å². The van der Waals surface area contributed by atoms with E-state index in [1.165, 1.54) is 38.5 Å². The van der Waals surface area contributed by atoms with E-state index in [-0.39, 0.29) is 5.60 Å². The van der Waals surface area contributed by atoms with Gasteiger partial charge in [0.15, 0.2) is 0 Å². The molecule has 1 nitrogen and oxygen atoms in total. The summed E-state index contributed by atoms with van der Waals surface area (Å²) in [5.41, 5.74) is -0.259. The summed E-state index contributed by atoms with van der Waals surface area (Å²) in [4.78, 5) is 0. The minimum absolute atomic E-state index is 0.259. The molecule has 1 N–H and O–H groups in total. The molecule has 0 atom stereocenters. The van der Waals surface area contributed by atoms with E-state index in [9.17, 15) is 5.11 Å². The van der Waals surface area contributed by atoms with Crippen LogP contribution in [0.1, 0.15) is 57.8 Å². The number of hydrogen-bond acceptors (Lipinski definition) is 1. The molecular formula is C11H20O. The van der Waals surface area contributed by atoms with Crippen LogP contribution in [0.5, 0.6) is 0 Å². The third kappa shape index (κ3) is 1.82. The van der Waals surface area contributed by atoms with Crippen LogP contribution in [0, 0.1) is 5.92 Å². The quantitative estimate of drug-likeness (QED) is 0.589. The molecule has 12 heavy (non-hydrogen) atoms. The van der Waals surface area contributed by atoms with Crippen LogP contribution in [0.2, 0.25) is 0 Å². The van der Waals surface area contributed by atoms with E-state index in [0.29, 0.717) is 0 Å². The van der Waals surface area contributed by atoms with Gasteiger partial charge in [-0.3, -0.25) is 0 Å². The minimum atomic E-state index is -0.259. The van der Waals surface area contributed by atoms with Gasteiger partial charge in [0.25, 0.3) is 0 Å². The third-order valence-corrected chi connectivity index (χ3v) is 3.76. The second-order valence-electron chi connectivity index (χ2n) is 4.77. The van der Waals surface area contributed by atoms with Crippen molar-refractivity contribution >= 4 is 0 Å². The van der Waals surface area contributed by atoms with Gasteiger partial charge in [0.2, 0.25) is 0 Å². The normalized spacial score (nSPS) is 43.2. The highest BCUT2D eigenvalue weighted by atomic mass is 16.3. The lowest BCUT2D eigenvalue weighted by Crippen LogP contribution is -2.32. The zero-order chi connectivity index (χ0) is 8.44. The molecule has 0 unspecified atom stereocenters. The van der Waals surface area contributed by atoms with Crippen molar-refractivity contribution < 1.29 is 5.11 Å². The zero-order valence-corrected chi connectivity index (χ0v) is 7.89. The lowest BCUT2D eigenvalue weighted by Gasteiger charge is -2.35. The predicted octanol–water partition coefficient (Wildman–Crippen LogP) is 2.87. The average molecular weight is 168 g/mol. The maximum Gasteiger partial charge on any atom is 0.0647 e. The summed E-state index contributed by atoms with van der Waals surface area (Å²) in [6, 6.07) is 0. The average Bonchev–Trinajstić information content (AvgIpc) is 1.93. The molecule has 0 spiro atoms. The molecule has 3 rings (SSSR count). The number of fused-ring (bicyclic) bond motifs is 6. The number of hydrogen-bond donors (Lipinski definition) is 1. The van der Waals surface area contributed by atoms with Crippen LogP contribution in [-0.4, -0.2) is 10.7 Å². The standard InChI is InChI=1S/C11H20O/c12-11-7-1-4-10(5-2-8-11)6-3-9-11/h10,12H,1-9H2. The molecule has 3 aliphatic carbocycles. The molecule has 2 bridgehead atoms. The second kappa shape index (κ2) is 3.37. The fraction of sp³-hybridized carbons (Fsp3) is 1.00. The number of aliphatic hydroxyl groups is 1. The summed E-state index contributed by atoms with van der Waals surface area (Å²) in [5.74, 6) is 0.995. The van der Waals surface area contributed by atoms with E-state index >= 15 is 0 Å². The van der Waals surface area contributed by atoms with Gasteiger partial charge in [-0.2, -0.15) is 0 Å². The Morgan fingerprint density at radius 1 is 0.833 bits per heavy atom. The molecule has 0 heterocycles. The molecule has 0 aromatic heterocycles. The molecule has 3 aliphatic rings. The van der Waals surface area contributed by atoms with Gasteiger partial charge < -0.3 is 5.11 Å². The van der Waals surface area contributed by atoms with Crippen molar-refractivity contribution in [2.24, 2.45) is 5.92 Å². The summed E-state index contributed by atoms with van der Waals surface area (Å²) in [6.45, 7) is 0. The Hall–Kier alpha value is -0.0400. The smallest absolute Gasteiger partial charge is 0.0647 e. The molecule has 0 aromatic carbocycles. The van der Waals surface area contributed by atoms with E-state index in [1.54, 1.807) is 0 Å². The summed E-state index contributed by atoms with van der Waals surface area (Å²) in [7, 11) is 0. The van der Waals surface area contributed by atoms with Crippen LogP contribution in [0.4, 0.5) is 0 Å². The monoisotopic (exact) mass is 168 g/mol. The van der Waals surface area contributed by atoms with E-state index in [1.807, 2.05) is 0 Å². The van der Waals surface area contributed by atoms with Crippen molar-refractivity contribution in [1.82, 2.24) is 0 Å². The Bertz CT molecular complexity index is 127. The first-order valence-electron chi connectivity index (χ1n) is 5.51. The first-order chi connectivity index (χ1) is 5.79. The topological polar surface area (TPSA) is 20.2 Å². The summed E-state index contributed by atoms with van der Waals surface area (Å²) >= 11 is 0. The van der Waals surface area contributed by atoms with Crippen molar-refractivity contribution in [1.29, 1.82) is 0 Å². The summed E-state index contributed by atoms with van der Waals surface area (Å²) < 4.78 is 0. The van der Waals surface area contributed by atoms with Gasteiger partial charge in [-0.25, -0.2) is 0 Å². The van der Waals surface area contributed by atoms with Gasteiger partial charge in [-0.15, -0.1) is 0 Å². The summed E-state index contributed by atoms with van der Waals surface area (Å²) in [6.07, 6.45) is 11.1. The Labute approximate surface area is 75.2 Å². The SMILES string of the molecule is OC12CCCC(CCC1)CCC2. The first-order valence-corrected chi connectivity index (χ1v) is 5.51. The molecule has 0 amide bonds. The second-order valence-corrected chi connectivity index (χ2v) is 4.77. The van der Waals surface area contributed by atoms with Crippen LogP contribution >= 0.6 is 0 Å². The molecule has 3 fully saturated rings. The molecule has 3 saturated carbocycles. The van der Waals surface area contributed by atoms with Crippen LogP contribution in [0.3, 0.4) is 0 Å². The highest BCUT2D eigenvalue weighted by molar-refractivity contribution is 4.84. The molecule has 0 saturated heterocycles. The fourth-order valence-corrected chi connectivity index (χ4v) is 2.97. The van der Waals surface area contributed by atoms with Gasteiger partial charge in [0.1, 0.15) is 0 Å². The molecule has 0 aliphatic heterocycles. The molecule has 0 radical (unpaired) electrons. The van der Waals surface area contributed by atoms with Gasteiger partial charge >= 0.3 is 0 Å². The van der Waals surface area contributed by atoms with Crippen molar-refractivity contribution in [2.75, 3.05) is 0 Å². The highest BCUT2D eigenvalue weighted by Crippen LogP contribution is 2.37. The molecule has 70 valence electrons.